The van der Waals surface area contributed by atoms with Crippen LogP contribution in [0.5, 0.6) is 5.75 Å². The van der Waals surface area contributed by atoms with Gasteiger partial charge in [-0.15, -0.1) is 0 Å². The van der Waals surface area contributed by atoms with Gasteiger partial charge in [-0.2, -0.15) is 0 Å². The van der Waals surface area contributed by atoms with Crippen molar-refractivity contribution in [3.8, 4) is 5.75 Å². The van der Waals surface area contributed by atoms with Gasteiger partial charge in [-0.25, -0.2) is 4.79 Å². The van der Waals surface area contributed by atoms with Crippen molar-refractivity contribution in [2.45, 2.75) is 19.0 Å². The van der Waals surface area contributed by atoms with Gasteiger partial charge in [-0.05, 0) is 42.3 Å². The highest BCUT2D eigenvalue weighted by Gasteiger charge is 2.49. The largest absolute Gasteiger partial charge is 0.497 e. The third kappa shape index (κ3) is 3.94. The van der Waals surface area contributed by atoms with Crippen molar-refractivity contribution in [3.63, 3.8) is 0 Å². The second-order valence-electron chi connectivity index (χ2n) is 6.58. The molecule has 146 valence electrons. The van der Waals surface area contributed by atoms with Crippen LogP contribution in [0.3, 0.4) is 0 Å². The summed E-state index contributed by atoms with van der Waals surface area (Å²) in [5.41, 5.74) is 0.228. The predicted molar refractivity (Wildman–Crippen MR) is 104 cm³/mol. The first kappa shape index (κ1) is 19.7. The predicted octanol–water partition coefficient (Wildman–Crippen LogP) is 2.43. The second kappa shape index (κ2) is 7.90. The molecule has 0 saturated carbocycles. The van der Waals surface area contributed by atoms with Crippen molar-refractivity contribution < 1.29 is 19.1 Å². The molecule has 7 nitrogen and oxygen atoms in total. The minimum Gasteiger partial charge on any atom is -0.497 e. The fourth-order valence-electron chi connectivity index (χ4n) is 2.96. The van der Waals surface area contributed by atoms with Crippen molar-refractivity contribution in [3.05, 3.63) is 64.7 Å². The number of carbonyl (C=O) groups excluding carboxylic acids is 3. The molecule has 0 radical (unpaired) electrons. The van der Waals surface area contributed by atoms with Crippen LogP contribution < -0.4 is 15.4 Å². The number of hydrogen-bond acceptors (Lipinski definition) is 4. The van der Waals surface area contributed by atoms with Crippen molar-refractivity contribution in [1.82, 2.24) is 15.5 Å². The van der Waals surface area contributed by atoms with E-state index in [1.807, 2.05) is 12.1 Å². The van der Waals surface area contributed by atoms with Gasteiger partial charge in [0.1, 0.15) is 17.8 Å². The van der Waals surface area contributed by atoms with Crippen molar-refractivity contribution in [2.24, 2.45) is 0 Å². The van der Waals surface area contributed by atoms with Gasteiger partial charge in [-0.3, -0.25) is 14.5 Å². The molecular weight excluding hydrogens is 382 g/mol. The number of methoxy groups -OCH3 is 1. The number of rotatable bonds is 6. The number of benzene rings is 2. The number of amides is 4. The summed E-state index contributed by atoms with van der Waals surface area (Å²) in [7, 11) is 1.58. The highest BCUT2D eigenvalue weighted by atomic mass is 35.5. The first-order valence-electron chi connectivity index (χ1n) is 8.63. The van der Waals surface area contributed by atoms with Crippen molar-refractivity contribution in [2.75, 3.05) is 13.7 Å². The Balaban J connectivity index is 1.63. The maximum atomic E-state index is 12.8. The molecule has 28 heavy (non-hydrogen) atoms. The first-order valence-corrected chi connectivity index (χ1v) is 9.01. The summed E-state index contributed by atoms with van der Waals surface area (Å²) in [6.07, 6.45) is 0. The van der Waals surface area contributed by atoms with Gasteiger partial charge in [0.15, 0.2) is 0 Å². The molecule has 1 aliphatic heterocycles. The van der Waals surface area contributed by atoms with Crippen LogP contribution in [-0.2, 0) is 21.7 Å². The molecule has 1 fully saturated rings. The van der Waals surface area contributed by atoms with E-state index in [4.69, 9.17) is 16.3 Å². The SMILES string of the molecule is COc1ccc(CNC(=O)CN2C(=O)N[C@@](C)(c3ccc(Cl)cc3)C2=O)cc1. The highest BCUT2D eigenvalue weighted by Crippen LogP contribution is 2.29. The van der Waals surface area contributed by atoms with E-state index in [0.29, 0.717) is 10.6 Å². The van der Waals surface area contributed by atoms with E-state index in [2.05, 4.69) is 10.6 Å². The van der Waals surface area contributed by atoms with E-state index in [1.54, 1.807) is 50.4 Å². The van der Waals surface area contributed by atoms with Crippen LogP contribution in [0.25, 0.3) is 0 Å². The normalized spacial score (nSPS) is 18.8. The minimum absolute atomic E-state index is 0.279. The molecular formula is C20H20ClN3O4. The zero-order chi connectivity index (χ0) is 20.3. The zero-order valence-corrected chi connectivity index (χ0v) is 16.2. The first-order chi connectivity index (χ1) is 13.3. The molecule has 1 heterocycles. The maximum Gasteiger partial charge on any atom is 0.325 e. The number of nitrogens with one attached hydrogen (secondary N) is 2. The van der Waals surface area contributed by atoms with Crippen LogP contribution in [0.1, 0.15) is 18.1 Å². The number of nitrogens with zero attached hydrogens (tertiary/aromatic N) is 1. The fraction of sp³-hybridized carbons (Fsp3) is 0.250. The van der Waals surface area contributed by atoms with Crippen LogP contribution in [0.2, 0.25) is 5.02 Å². The summed E-state index contributed by atoms with van der Waals surface area (Å²) < 4.78 is 5.09. The van der Waals surface area contributed by atoms with Crippen molar-refractivity contribution in [1.29, 1.82) is 0 Å². The van der Waals surface area contributed by atoms with Gasteiger partial charge in [0.25, 0.3) is 5.91 Å². The average molecular weight is 402 g/mol. The van der Waals surface area contributed by atoms with Crippen LogP contribution in [0.4, 0.5) is 4.79 Å². The van der Waals surface area contributed by atoms with E-state index in [-0.39, 0.29) is 13.1 Å². The molecule has 8 heteroatoms. The quantitative estimate of drug-likeness (QED) is 0.728. The Bertz CT molecular complexity index is 899. The smallest absolute Gasteiger partial charge is 0.325 e. The van der Waals surface area contributed by atoms with E-state index in [0.717, 1.165) is 16.2 Å². The van der Waals surface area contributed by atoms with Crippen LogP contribution in [-0.4, -0.2) is 36.4 Å². The molecule has 1 atom stereocenters. The highest BCUT2D eigenvalue weighted by molar-refractivity contribution is 6.30. The van der Waals surface area contributed by atoms with Crippen molar-refractivity contribution >= 4 is 29.4 Å². The average Bonchev–Trinajstić information content (AvgIpc) is 2.91. The number of halogens is 1. The van der Waals surface area contributed by atoms with Crippen LogP contribution in [0.15, 0.2) is 48.5 Å². The molecule has 0 unspecified atom stereocenters. The Kier molecular flexibility index (Phi) is 5.56. The lowest BCUT2D eigenvalue weighted by Gasteiger charge is -2.22. The minimum atomic E-state index is -1.24. The maximum absolute atomic E-state index is 12.8. The Morgan fingerprint density at radius 1 is 1.14 bits per heavy atom. The van der Waals surface area contributed by atoms with E-state index < -0.39 is 23.4 Å². The second-order valence-corrected chi connectivity index (χ2v) is 7.01. The number of hydrogen-bond donors (Lipinski definition) is 2. The Morgan fingerprint density at radius 2 is 1.79 bits per heavy atom. The molecule has 0 aliphatic carbocycles. The third-order valence-corrected chi connectivity index (χ3v) is 4.90. The molecule has 1 saturated heterocycles. The van der Waals surface area contributed by atoms with Gasteiger partial charge in [0.05, 0.1) is 7.11 Å². The molecule has 3 rings (SSSR count). The fourth-order valence-corrected chi connectivity index (χ4v) is 3.09. The molecule has 4 amide bonds. The number of imide groups is 1. The van der Waals surface area contributed by atoms with E-state index in [9.17, 15) is 14.4 Å². The molecule has 2 aromatic rings. The summed E-state index contributed by atoms with van der Waals surface area (Å²) in [4.78, 5) is 38.3. The van der Waals surface area contributed by atoms with Gasteiger partial charge in [0.2, 0.25) is 5.91 Å². The zero-order valence-electron chi connectivity index (χ0n) is 15.5. The topological polar surface area (TPSA) is 87.7 Å². The van der Waals surface area contributed by atoms with Gasteiger partial charge < -0.3 is 15.4 Å². The van der Waals surface area contributed by atoms with E-state index >= 15 is 0 Å². The summed E-state index contributed by atoms with van der Waals surface area (Å²) in [6.45, 7) is 1.52. The summed E-state index contributed by atoms with van der Waals surface area (Å²) in [6, 6.07) is 13.3. The molecule has 1 aliphatic rings. The van der Waals surface area contributed by atoms with E-state index in [1.165, 1.54) is 0 Å². The lowest BCUT2D eigenvalue weighted by molar-refractivity contribution is -0.134. The Labute approximate surface area is 167 Å². The molecule has 0 aromatic heterocycles. The Hall–Kier alpha value is -3.06. The molecule has 2 aromatic carbocycles. The van der Waals surface area contributed by atoms with Crippen LogP contribution >= 0.6 is 11.6 Å². The van der Waals surface area contributed by atoms with Gasteiger partial charge >= 0.3 is 6.03 Å². The van der Waals surface area contributed by atoms with Gasteiger partial charge in [0, 0.05) is 11.6 Å². The van der Waals surface area contributed by atoms with Gasteiger partial charge in [-0.1, -0.05) is 35.9 Å². The number of ether oxygens (including phenoxy) is 1. The summed E-state index contributed by atoms with van der Waals surface area (Å²) in [5, 5.41) is 5.89. The monoisotopic (exact) mass is 401 g/mol. The standard InChI is InChI=1S/C20H20ClN3O4/c1-20(14-5-7-15(21)8-6-14)18(26)24(19(27)23-20)12-17(25)22-11-13-3-9-16(28-2)10-4-13/h3-10H,11-12H2,1-2H3,(H,22,25)(H,23,27)/t20-/m0/s1. The molecule has 2 N–H and O–H groups in total. The third-order valence-electron chi connectivity index (χ3n) is 4.65. The summed E-state index contributed by atoms with van der Waals surface area (Å²) in [5.74, 6) is -0.199. The van der Waals surface area contributed by atoms with Crippen LogP contribution in [0, 0.1) is 0 Å². The number of urea groups is 1. The molecule has 0 spiro atoms. The molecule has 0 bridgehead atoms. The summed E-state index contributed by atoms with van der Waals surface area (Å²) >= 11 is 5.89. The lowest BCUT2D eigenvalue weighted by atomic mass is 9.92. The number of carbonyl (C=O) groups is 3. The Morgan fingerprint density at radius 3 is 2.39 bits per heavy atom. The lowest BCUT2D eigenvalue weighted by Crippen LogP contribution is -2.43.